The van der Waals surface area contributed by atoms with Crippen LogP contribution in [0.2, 0.25) is 0 Å². The largest absolute Gasteiger partial charge is 0.292 e. The molecule has 12 heteroatoms. The van der Waals surface area contributed by atoms with Crippen LogP contribution in [0, 0.1) is 10.8 Å². The Morgan fingerprint density at radius 2 is 0.854 bits per heavy atom. The highest BCUT2D eigenvalue weighted by atomic mass is 32.2. The maximum atomic E-state index is 8.82. The Kier molecular flexibility index (Phi) is 8.56. The van der Waals surface area contributed by atoms with E-state index in [0.29, 0.717) is 55.3 Å². The molecular weight excluding hydrogens is 637 g/mol. The Balaban J connectivity index is 1.12. The molecule has 1 aromatic carbocycles. The quantitative estimate of drug-likeness (QED) is 0.116. The predicted molar refractivity (Wildman–Crippen MR) is 193 cm³/mol. The molecule has 0 fully saturated rings. The van der Waals surface area contributed by atoms with Crippen LogP contribution >= 0.6 is 23.5 Å². The molecular formula is C36H26N10S2+2. The number of hydrogen-bond donors (Lipinski definition) is 4. The molecule has 0 unspecified atom stereocenters. The Morgan fingerprint density at radius 1 is 0.438 bits per heavy atom. The number of rotatable bonds is 6. The molecule has 10 nitrogen and oxygen atoms in total. The van der Waals surface area contributed by atoms with Crippen molar-refractivity contribution in [2.45, 2.75) is 0 Å². The third-order valence-corrected chi connectivity index (χ3v) is 8.95. The topological polar surface area (TPSA) is 176 Å². The zero-order valence-corrected chi connectivity index (χ0v) is 26.8. The third kappa shape index (κ3) is 6.47. The molecule has 6 aromatic heterocycles. The van der Waals surface area contributed by atoms with Crippen LogP contribution in [-0.2, 0) is 0 Å². The summed E-state index contributed by atoms with van der Waals surface area (Å²) in [5, 5.41) is 33.3. The molecule has 6 N–H and O–H groups in total. The summed E-state index contributed by atoms with van der Waals surface area (Å²) >= 11 is 2.17. The van der Waals surface area contributed by atoms with Crippen LogP contribution in [0.1, 0.15) is 22.8 Å². The molecule has 7 aromatic rings. The van der Waals surface area contributed by atoms with Gasteiger partial charge in [-0.05, 0) is 60.7 Å². The standard InChI is InChI=1S/C36H24N10S2/c37-33(27-11-5-9-25(43-27)23-7-1-3-19-41-23)47-35(39)29-17-15-21-13-14-22-16-18-30(46-32(22)31(21)45-29)36(40)48-34(38)28-12-6-10-26(44-28)24-8-2-4-20-42-24/h1-20,37-40H/p+2. The summed E-state index contributed by atoms with van der Waals surface area (Å²) in [6, 6.07) is 33.7. The number of nitrogens with two attached hydrogens (primary N) is 2. The second-order valence-corrected chi connectivity index (χ2v) is 12.5. The van der Waals surface area contributed by atoms with Crippen LogP contribution in [0.15, 0.2) is 122 Å². The molecule has 230 valence electrons. The fourth-order valence-corrected chi connectivity index (χ4v) is 6.22. The van der Waals surface area contributed by atoms with Crippen molar-refractivity contribution < 1.29 is 10.8 Å². The van der Waals surface area contributed by atoms with E-state index >= 15 is 0 Å². The summed E-state index contributed by atoms with van der Waals surface area (Å²) in [6.07, 6.45) is 3.43. The smallest absolute Gasteiger partial charge is 0.263 e. The van der Waals surface area contributed by atoms with E-state index in [1.54, 1.807) is 36.7 Å². The summed E-state index contributed by atoms with van der Waals surface area (Å²) in [6.45, 7) is 0. The Labute approximate surface area is 283 Å². The minimum Gasteiger partial charge on any atom is -0.292 e. The molecule has 0 aliphatic rings. The van der Waals surface area contributed by atoms with Gasteiger partial charge in [0.2, 0.25) is 0 Å². The average Bonchev–Trinajstić information content (AvgIpc) is 3.15. The predicted octanol–water partition coefficient (Wildman–Crippen LogP) is 4.23. The van der Waals surface area contributed by atoms with E-state index < -0.39 is 0 Å². The number of nitrogens with one attached hydrogen (secondary N) is 2. The lowest BCUT2D eigenvalue weighted by Crippen LogP contribution is -2.39. The van der Waals surface area contributed by atoms with Crippen molar-refractivity contribution >= 4 is 65.5 Å². The first-order chi connectivity index (χ1) is 23.4. The van der Waals surface area contributed by atoms with Crippen molar-refractivity contribution in [3.8, 4) is 22.8 Å². The average molecular weight is 663 g/mol. The van der Waals surface area contributed by atoms with Crippen LogP contribution in [0.5, 0.6) is 0 Å². The Hall–Kier alpha value is -5.98. The van der Waals surface area contributed by atoms with Crippen LogP contribution in [0.3, 0.4) is 0 Å². The van der Waals surface area contributed by atoms with E-state index in [0.717, 1.165) is 45.7 Å². The van der Waals surface area contributed by atoms with Gasteiger partial charge in [-0.25, -0.2) is 30.8 Å². The molecule has 7 rings (SSSR count). The molecule has 6 heterocycles. The van der Waals surface area contributed by atoms with Crippen LogP contribution in [0.4, 0.5) is 0 Å². The lowest BCUT2D eigenvalue weighted by atomic mass is 10.1. The molecule has 0 aliphatic carbocycles. The Morgan fingerprint density at radius 3 is 1.27 bits per heavy atom. The van der Waals surface area contributed by atoms with Gasteiger partial charge in [0.15, 0.2) is 0 Å². The maximum absolute atomic E-state index is 8.82. The molecule has 0 bridgehead atoms. The maximum Gasteiger partial charge on any atom is 0.263 e. The second kappa shape index (κ2) is 13.4. The normalized spacial score (nSPS) is 11.0. The van der Waals surface area contributed by atoms with Crippen molar-refractivity contribution in [1.82, 2.24) is 29.9 Å². The minimum absolute atomic E-state index is 0.165. The second-order valence-electron chi connectivity index (χ2n) is 10.4. The summed E-state index contributed by atoms with van der Waals surface area (Å²) in [5.74, 6) is 0. The molecule has 0 spiro atoms. The Bertz CT molecular complexity index is 2210. The van der Waals surface area contributed by atoms with Gasteiger partial charge in [-0.3, -0.25) is 20.8 Å². The van der Waals surface area contributed by atoms with Crippen LogP contribution in [-0.4, -0.2) is 50.1 Å². The fraction of sp³-hybridized carbons (Fsp3) is 0. The van der Waals surface area contributed by atoms with Gasteiger partial charge in [0.1, 0.15) is 21.5 Å². The highest BCUT2D eigenvalue weighted by molar-refractivity contribution is 8.27. The molecule has 0 radical (unpaired) electrons. The number of nitrogens with zero attached hydrogens (tertiary/aromatic N) is 6. The van der Waals surface area contributed by atoms with Crippen molar-refractivity contribution in [3.05, 3.63) is 144 Å². The fourth-order valence-electron chi connectivity index (χ4n) is 4.91. The molecule has 0 saturated carbocycles. The summed E-state index contributed by atoms with van der Waals surface area (Å²) < 4.78 is 0. The van der Waals surface area contributed by atoms with Crippen molar-refractivity contribution in [1.29, 1.82) is 10.8 Å². The summed E-state index contributed by atoms with van der Waals surface area (Å²) in [5.41, 5.74) is 6.08. The van der Waals surface area contributed by atoms with E-state index in [9.17, 15) is 0 Å². The monoisotopic (exact) mass is 662 g/mol. The SMILES string of the molecule is N=C(SC(=[NH2+])c1cccc(-c2ccccn2)n1)c1ccc2ccc3ccc(C(=N)SC(=[NH2+])c4cccc(-c5ccccn5)n4)nc3c2n1. The molecule has 0 saturated heterocycles. The number of aromatic nitrogens is 6. The van der Waals surface area contributed by atoms with Gasteiger partial charge < -0.3 is 0 Å². The van der Waals surface area contributed by atoms with Crippen molar-refractivity contribution in [3.63, 3.8) is 0 Å². The van der Waals surface area contributed by atoms with Gasteiger partial charge in [0.25, 0.3) is 10.1 Å². The third-order valence-electron chi connectivity index (χ3n) is 7.27. The van der Waals surface area contributed by atoms with Gasteiger partial charge in [-0.2, -0.15) is 0 Å². The molecule has 0 atom stereocenters. The van der Waals surface area contributed by atoms with E-state index in [4.69, 9.17) is 31.6 Å². The van der Waals surface area contributed by atoms with Crippen molar-refractivity contribution in [2.75, 3.05) is 0 Å². The first-order valence-corrected chi connectivity index (χ1v) is 16.3. The zero-order valence-electron chi connectivity index (χ0n) is 25.2. The van der Waals surface area contributed by atoms with Gasteiger partial charge in [0.05, 0.1) is 45.2 Å². The first-order valence-electron chi connectivity index (χ1n) is 14.7. The molecule has 48 heavy (non-hydrogen) atoms. The lowest BCUT2D eigenvalue weighted by Gasteiger charge is -2.08. The molecule has 0 aliphatic heterocycles. The minimum atomic E-state index is 0.165. The van der Waals surface area contributed by atoms with E-state index in [2.05, 4.69) is 19.9 Å². The number of benzene rings is 1. The number of pyridine rings is 6. The van der Waals surface area contributed by atoms with E-state index in [1.165, 1.54) is 0 Å². The molecule has 0 amide bonds. The highest BCUT2D eigenvalue weighted by Gasteiger charge is 2.20. The summed E-state index contributed by atoms with van der Waals surface area (Å²) in [4.78, 5) is 27.7. The van der Waals surface area contributed by atoms with Gasteiger partial charge >= 0.3 is 0 Å². The van der Waals surface area contributed by atoms with Crippen LogP contribution < -0.4 is 10.8 Å². The van der Waals surface area contributed by atoms with Crippen LogP contribution in [0.25, 0.3) is 44.6 Å². The van der Waals surface area contributed by atoms with E-state index in [-0.39, 0.29) is 10.1 Å². The number of hydrogen-bond acceptors (Lipinski definition) is 10. The summed E-state index contributed by atoms with van der Waals surface area (Å²) in [7, 11) is 0. The first kappa shape index (κ1) is 30.7. The van der Waals surface area contributed by atoms with Gasteiger partial charge in [-0.1, -0.05) is 48.5 Å². The van der Waals surface area contributed by atoms with Gasteiger partial charge in [-0.15, -0.1) is 0 Å². The highest BCUT2D eigenvalue weighted by Crippen LogP contribution is 2.26. The number of fused-ring (bicyclic) bond motifs is 3. The lowest BCUT2D eigenvalue weighted by molar-refractivity contribution is -0.108. The number of thioether (sulfide) groups is 2. The zero-order chi connectivity index (χ0) is 33.0. The van der Waals surface area contributed by atoms with Gasteiger partial charge in [0, 0.05) is 46.7 Å². The van der Waals surface area contributed by atoms with E-state index in [1.807, 2.05) is 84.9 Å². The van der Waals surface area contributed by atoms with Crippen molar-refractivity contribution in [2.24, 2.45) is 0 Å².